The molecule has 0 aliphatic rings. The third-order valence-electron chi connectivity index (χ3n) is 3.03. The standard InChI is InChI=1S/C15H16N2OS/c1-3-12-5-6-13(18-12)9-16-11-4-7-14-15(8-11)19-10(2)17-14/h4-8,16H,3,9H2,1-2H3. The van der Waals surface area contributed by atoms with Crippen LogP contribution in [0.25, 0.3) is 10.2 Å². The van der Waals surface area contributed by atoms with E-state index in [1.54, 1.807) is 11.3 Å². The lowest BCUT2D eigenvalue weighted by Gasteiger charge is -2.04. The van der Waals surface area contributed by atoms with Gasteiger partial charge in [-0.05, 0) is 37.3 Å². The number of nitrogens with one attached hydrogen (secondary N) is 1. The highest BCUT2D eigenvalue weighted by molar-refractivity contribution is 7.18. The molecule has 3 nitrogen and oxygen atoms in total. The summed E-state index contributed by atoms with van der Waals surface area (Å²) >= 11 is 1.72. The normalized spacial score (nSPS) is 11.1. The molecule has 4 heteroatoms. The van der Waals surface area contributed by atoms with Crippen LogP contribution in [0.15, 0.2) is 34.7 Å². The monoisotopic (exact) mass is 272 g/mol. The number of aryl methyl sites for hydroxylation is 2. The molecule has 0 saturated carbocycles. The van der Waals surface area contributed by atoms with E-state index in [1.165, 1.54) is 4.70 Å². The van der Waals surface area contributed by atoms with Crippen molar-refractivity contribution in [3.8, 4) is 0 Å². The quantitative estimate of drug-likeness (QED) is 0.766. The molecule has 0 spiro atoms. The molecule has 0 saturated heterocycles. The van der Waals surface area contributed by atoms with Crippen molar-refractivity contribution >= 4 is 27.2 Å². The predicted octanol–water partition coefficient (Wildman–Crippen LogP) is 4.37. The summed E-state index contributed by atoms with van der Waals surface area (Å²) in [5.41, 5.74) is 2.17. The van der Waals surface area contributed by atoms with Gasteiger partial charge in [0.15, 0.2) is 0 Å². The lowest BCUT2D eigenvalue weighted by atomic mass is 10.3. The van der Waals surface area contributed by atoms with Crippen LogP contribution in [0.4, 0.5) is 5.69 Å². The number of nitrogens with zero attached hydrogens (tertiary/aromatic N) is 1. The third-order valence-corrected chi connectivity index (χ3v) is 3.96. The third kappa shape index (κ3) is 2.63. The van der Waals surface area contributed by atoms with E-state index in [4.69, 9.17) is 4.42 Å². The highest BCUT2D eigenvalue weighted by Crippen LogP contribution is 2.25. The lowest BCUT2D eigenvalue weighted by Crippen LogP contribution is -1.97. The molecule has 2 aromatic heterocycles. The largest absolute Gasteiger partial charge is 0.464 e. The van der Waals surface area contributed by atoms with Gasteiger partial charge in [-0.2, -0.15) is 0 Å². The van der Waals surface area contributed by atoms with Crippen molar-refractivity contribution < 1.29 is 4.42 Å². The fourth-order valence-electron chi connectivity index (χ4n) is 2.05. The second kappa shape index (κ2) is 5.05. The maximum absolute atomic E-state index is 5.67. The Morgan fingerprint density at radius 2 is 2.05 bits per heavy atom. The predicted molar refractivity (Wildman–Crippen MR) is 79.8 cm³/mol. The summed E-state index contributed by atoms with van der Waals surface area (Å²) in [5.74, 6) is 2.00. The topological polar surface area (TPSA) is 38.1 Å². The smallest absolute Gasteiger partial charge is 0.123 e. The van der Waals surface area contributed by atoms with E-state index in [-0.39, 0.29) is 0 Å². The van der Waals surface area contributed by atoms with Crippen molar-refractivity contribution in [1.82, 2.24) is 4.98 Å². The second-order valence-electron chi connectivity index (χ2n) is 4.49. The summed E-state index contributed by atoms with van der Waals surface area (Å²) < 4.78 is 6.89. The van der Waals surface area contributed by atoms with Crippen LogP contribution in [0.1, 0.15) is 23.5 Å². The molecule has 0 aliphatic heterocycles. The van der Waals surface area contributed by atoms with Crippen molar-refractivity contribution in [3.05, 3.63) is 46.9 Å². The van der Waals surface area contributed by atoms with Crippen molar-refractivity contribution in [2.45, 2.75) is 26.8 Å². The lowest BCUT2D eigenvalue weighted by molar-refractivity contribution is 0.476. The number of aromatic nitrogens is 1. The Bertz CT molecular complexity index is 699. The average Bonchev–Trinajstić information content (AvgIpc) is 3.00. The van der Waals surface area contributed by atoms with Gasteiger partial charge >= 0.3 is 0 Å². The van der Waals surface area contributed by atoms with Gasteiger partial charge in [0, 0.05) is 12.1 Å². The molecule has 3 aromatic rings. The highest BCUT2D eigenvalue weighted by Gasteiger charge is 2.03. The number of fused-ring (bicyclic) bond motifs is 1. The van der Waals surface area contributed by atoms with Crippen molar-refractivity contribution in [3.63, 3.8) is 0 Å². The molecule has 0 fully saturated rings. The Kier molecular flexibility index (Phi) is 3.25. The molecule has 19 heavy (non-hydrogen) atoms. The summed E-state index contributed by atoms with van der Waals surface area (Å²) in [6.07, 6.45) is 0.937. The van der Waals surface area contributed by atoms with Crippen molar-refractivity contribution in [1.29, 1.82) is 0 Å². The molecule has 0 bridgehead atoms. The van der Waals surface area contributed by atoms with Crippen LogP contribution in [-0.4, -0.2) is 4.98 Å². The first-order chi connectivity index (χ1) is 9.24. The second-order valence-corrected chi connectivity index (χ2v) is 5.73. The fraction of sp³-hybridized carbons (Fsp3) is 0.267. The summed E-state index contributed by atoms with van der Waals surface area (Å²) in [5, 5.41) is 4.49. The first-order valence-corrected chi connectivity index (χ1v) is 7.25. The van der Waals surface area contributed by atoms with Crippen LogP contribution in [0, 0.1) is 6.92 Å². The molecule has 0 atom stereocenters. The molecule has 1 N–H and O–H groups in total. The molecule has 0 unspecified atom stereocenters. The summed E-state index contributed by atoms with van der Waals surface area (Å²) in [4.78, 5) is 4.46. The molecular weight excluding hydrogens is 256 g/mol. The molecular formula is C15H16N2OS. The van der Waals surface area contributed by atoms with Crippen LogP contribution in [0.3, 0.4) is 0 Å². The van der Waals surface area contributed by atoms with Crippen LogP contribution in [0.5, 0.6) is 0 Å². The summed E-state index contributed by atoms with van der Waals surface area (Å²) in [6, 6.07) is 10.3. The zero-order valence-corrected chi connectivity index (χ0v) is 11.9. The molecule has 1 aromatic carbocycles. The van der Waals surface area contributed by atoms with Gasteiger partial charge in [0.05, 0.1) is 21.8 Å². The Hall–Kier alpha value is -1.81. The minimum atomic E-state index is 0.712. The van der Waals surface area contributed by atoms with Gasteiger partial charge in [0.25, 0.3) is 0 Å². The number of rotatable bonds is 4. The SMILES string of the molecule is CCc1ccc(CNc2ccc3nc(C)sc3c2)o1. The molecule has 2 heterocycles. The molecule has 3 rings (SSSR count). The zero-order valence-electron chi connectivity index (χ0n) is 11.1. The molecule has 0 radical (unpaired) electrons. The number of hydrogen-bond donors (Lipinski definition) is 1. The zero-order chi connectivity index (χ0) is 13.2. The van der Waals surface area contributed by atoms with Gasteiger partial charge in [-0.1, -0.05) is 6.92 Å². The van der Waals surface area contributed by atoms with Crippen LogP contribution >= 0.6 is 11.3 Å². The van der Waals surface area contributed by atoms with Gasteiger partial charge < -0.3 is 9.73 Å². The summed E-state index contributed by atoms with van der Waals surface area (Å²) in [7, 11) is 0. The van der Waals surface area contributed by atoms with Crippen LogP contribution in [-0.2, 0) is 13.0 Å². The van der Waals surface area contributed by atoms with E-state index < -0.39 is 0 Å². The Labute approximate surface area is 116 Å². The van der Waals surface area contributed by atoms with Crippen LogP contribution < -0.4 is 5.32 Å². The fourth-order valence-corrected chi connectivity index (χ4v) is 2.91. The number of hydrogen-bond acceptors (Lipinski definition) is 4. The molecule has 0 aliphatic carbocycles. The minimum Gasteiger partial charge on any atom is -0.464 e. The number of thiazole rings is 1. The molecule has 0 amide bonds. The van der Waals surface area contributed by atoms with E-state index in [0.29, 0.717) is 6.54 Å². The number of anilines is 1. The van der Waals surface area contributed by atoms with E-state index in [9.17, 15) is 0 Å². The van der Waals surface area contributed by atoms with Gasteiger partial charge in [0.2, 0.25) is 0 Å². The van der Waals surface area contributed by atoms with Gasteiger partial charge in [-0.3, -0.25) is 0 Å². The Balaban J connectivity index is 1.73. The van der Waals surface area contributed by atoms with E-state index in [2.05, 4.69) is 35.4 Å². The average molecular weight is 272 g/mol. The number of benzene rings is 1. The Morgan fingerprint density at radius 1 is 1.21 bits per heavy atom. The minimum absolute atomic E-state index is 0.712. The number of furan rings is 1. The molecule has 98 valence electrons. The van der Waals surface area contributed by atoms with E-state index in [1.807, 2.05) is 19.1 Å². The summed E-state index contributed by atoms with van der Waals surface area (Å²) in [6.45, 7) is 4.84. The maximum atomic E-state index is 5.67. The van der Waals surface area contributed by atoms with Gasteiger partial charge in [0.1, 0.15) is 11.5 Å². The maximum Gasteiger partial charge on any atom is 0.123 e. The highest BCUT2D eigenvalue weighted by atomic mass is 32.1. The van der Waals surface area contributed by atoms with Crippen molar-refractivity contribution in [2.75, 3.05) is 5.32 Å². The van der Waals surface area contributed by atoms with Crippen LogP contribution in [0.2, 0.25) is 0 Å². The van der Waals surface area contributed by atoms with Gasteiger partial charge in [-0.25, -0.2) is 4.98 Å². The van der Waals surface area contributed by atoms with Crippen molar-refractivity contribution in [2.24, 2.45) is 0 Å². The van der Waals surface area contributed by atoms with E-state index in [0.717, 1.165) is 34.2 Å². The Morgan fingerprint density at radius 3 is 2.84 bits per heavy atom. The van der Waals surface area contributed by atoms with Gasteiger partial charge in [-0.15, -0.1) is 11.3 Å². The van der Waals surface area contributed by atoms with E-state index >= 15 is 0 Å². The first-order valence-electron chi connectivity index (χ1n) is 6.43. The first kappa shape index (κ1) is 12.2.